The number of nitrogens with one attached hydrogen (secondary N) is 1. The number of rotatable bonds is 1. The van der Waals surface area contributed by atoms with Crippen molar-refractivity contribution in [3.05, 3.63) is 29.3 Å². The number of benzene rings is 1. The van der Waals surface area contributed by atoms with Crippen LogP contribution in [0.4, 0.5) is 0 Å². The fourth-order valence-electron chi connectivity index (χ4n) is 1.88. The molecule has 1 aromatic carbocycles. The molecule has 0 aromatic heterocycles. The monoisotopic (exact) mass is 193 g/mol. The lowest BCUT2D eigenvalue weighted by atomic mass is 9.96. The van der Waals surface area contributed by atoms with Crippen LogP contribution in [0.5, 0.6) is 0 Å². The number of fused-ring (bicyclic) bond motifs is 1. The van der Waals surface area contributed by atoms with E-state index in [0.29, 0.717) is 6.04 Å². The number of thioether (sulfide) groups is 1. The van der Waals surface area contributed by atoms with E-state index in [1.165, 1.54) is 22.4 Å². The second-order valence-corrected chi connectivity index (χ2v) is 4.37. The standard InChI is InChI=1S/C11H15NS/c1-8-11-4-3-10(13-2)7-9(11)5-6-12-8/h3-4,7-8,12H,5-6H2,1-2H3. The summed E-state index contributed by atoms with van der Waals surface area (Å²) in [6, 6.07) is 7.34. The molecule has 0 amide bonds. The molecule has 0 radical (unpaired) electrons. The lowest BCUT2D eigenvalue weighted by Crippen LogP contribution is -2.27. The first-order valence-corrected chi connectivity index (χ1v) is 5.94. The van der Waals surface area contributed by atoms with Crippen LogP contribution in [0, 0.1) is 0 Å². The van der Waals surface area contributed by atoms with Gasteiger partial charge in [-0.05, 0) is 49.4 Å². The van der Waals surface area contributed by atoms with Crippen molar-refractivity contribution < 1.29 is 0 Å². The van der Waals surface area contributed by atoms with Gasteiger partial charge in [0.15, 0.2) is 0 Å². The van der Waals surface area contributed by atoms with Crippen LogP contribution in [-0.2, 0) is 6.42 Å². The average molecular weight is 193 g/mol. The Morgan fingerprint density at radius 2 is 2.31 bits per heavy atom. The fourth-order valence-corrected chi connectivity index (χ4v) is 2.35. The molecule has 13 heavy (non-hydrogen) atoms. The second kappa shape index (κ2) is 3.72. The smallest absolute Gasteiger partial charge is 0.0294 e. The molecule has 1 heterocycles. The highest BCUT2D eigenvalue weighted by Crippen LogP contribution is 2.26. The summed E-state index contributed by atoms with van der Waals surface area (Å²) < 4.78 is 0. The molecule has 1 aliphatic rings. The zero-order valence-corrected chi connectivity index (χ0v) is 8.95. The van der Waals surface area contributed by atoms with Gasteiger partial charge in [0.1, 0.15) is 0 Å². The third-order valence-electron chi connectivity index (χ3n) is 2.66. The maximum absolute atomic E-state index is 3.47. The van der Waals surface area contributed by atoms with Gasteiger partial charge in [0.2, 0.25) is 0 Å². The lowest BCUT2D eigenvalue weighted by molar-refractivity contribution is 0.540. The van der Waals surface area contributed by atoms with E-state index in [4.69, 9.17) is 0 Å². The normalized spacial score (nSPS) is 21.2. The van der Waals surface area contributed by atoms with Gasteiger partial charge in [-0.2, -0.15) is 0 Å². The van der Waals surface area contributed by atoms with Gasteiger partial charge in [-0.1, -0.05) is 6.07 Å². The Labute approximate surface area is 83.9 Å². The van der Waals surface area contributed by atoms with Crippen molar-refractivity contribution in [3.8, 4) is 0 Å². The van der Waals surface area contributed by atoms with Gasteiger partial charge in [-0.15, -0.1) is 11.8 Å². The summed E-state index contributed by atoms with van der Waals surface area (Å²) in [7, 11) is 0. The van der Waals surface area contributed by atoms with Crippen molar-refractivity contribution in [2.75, 3.05) is 12.8 Å². The van der Waals surface area contributed by atoms with Crippen LogP contribution in [0.3, 0.4) is 0 Å². The average Bonchev–Trinajstić information content (AvgIpc) is 2.18. The molecule has 1 N–H and O–H groups in total. The van der Waals surface area contributed by atoms with E-state index >= 15 is 0 Å². The maximum atomic E-state index is 3.47. The van der Waals surface area contributed by atoms with Crippen LogP contribution in [0.25, 0.3) is 0 Å². The van der Waals surface area contributed by atoms with Crippen LogP contribution < -0.4 is 5.32 Å². The van der Waals surface area contributed by atoms with E-state index in [1.54, 1.807) is 0 Å². The number of hydrogen-bond donors (Lipinski definition) is 1. The summed E-state index contributed by atoms with van der Waals surface area (Å²) in [6.07, 6.45) is 3.31. The van der Waals surface area contributed by atoms with E-state index in [9.17, 15) is 0 Å². The molecular weight excluding hydrogens is 178 g/mol. The summed E-state index contributed by atoms with van der Waals surface area (Å²) >= 11 is 1.82. The molecule has 1 aromatic rings. The minimum absolute atomic E-state index is 0.527. The first-order valence-electron chi connectivity index (χ1n) is 4.71. The van der Waals surface area contributed by atoms with E-state index in [0.717, 1.165) is 6.54 Å². The van der Waals surface area contributed by atoms with Gasteiger partial charge in [-0.25, -0.2) is 0 Å². The van der Waals surface area contributed by atoms with Gasteiger partial charge < -0.3 is 5.32 Å². The van der Waals surface area contributed by atoms with Crippen molar-refractivity contribution in [1.82, 2.24) is 5.32 Å². The molecule has 0 saturated heterocycles. The Morgan fingerprint density at radius 3 is 3.08 bits per heavy atom. The van der Waals surface area contributed by atoms with Crippen LogP contribution >= 0.6 is 11.8 Å². The summed E-state index contributed by atoms with van der Waals surface area (Å²) in [5.74, 6) is 0. The quantitative estimate of drug-likeness (QED) is 0.688. The Balaban J connectivity index is 2.39. The predicted octanol–water partition coefficient (Wildman–Crippen LogP) is 2.62. The molecule has 0 spiro atoms. The Kier molecular flexibility index (Phi) is 2.61. The molecule has 0 saturated carbocycles. The van der Waals surface area contributed by atoms with E-state index in [2.05, 4.69) is 36.7 Å². The third kappa shape index (κ3) is 1.74. The SMILES string of the molecule is CSc1ccc2c(c1)CCNC2C. The van der Waals surface area contributed by atoms with E-state index < -0.39 is 0 Å². The van der Waals surface area contributed by atoms with Crippen LogP contribution in [-0.4, -0.2) is 12.8 Å². The Bertz CT molecular complexity index is 309. The molecule has 0 bridgehead atoms. The van der Waals surface area contributed by atoms with Crippen molar-refractivity contribution in [3.63, 3.8) is 0 Å². The minimum Gasteiger partial charge on any atom is -0.310 e. The molecular formula is C11H15NS. The van der Waals surface area contributed by atoms with Gasteiger partial charge in [0.05, 0.1) is 0 Å². The van der Waals surface area contributed by atoms with Crippen molar-refractivity contribution in [1.29, 1.82) is 0 Å². The highest BCUT2D eigenvalue weighted by Gasteiger charge is 2.14. The second-order valence-electron chi connectivity index (χ2n) is 3.49. The molecule has 2 rings (SSSR count). The molecule has 0 fully saturated rings. The zero-order valence-electron chi connectivity index (χ0n) is 8.13. The summed E-state index contributed by atoms with van der Waals surface area (Å²) in [6.45, 7) is 3.35. The van der Waals surface area contributed by atoms with Gasteiger partial charge >= 0.3 is 0 Å². The lowest BCUT2D eigenvalue weighted by Gasteiger charge is -2.24. The van der Waals surface area contributed by atoms with Crippen molar-refractivity contribution in [2.24, 2.45) is 0 Å². The highest BCUT2D eigenvalue weighted by molar-refractivity contribution is 7.98. The first kappa shape index (κ1) is 9.10. The largest absolute Gasteiger partial charge is 0.310 e. The third-order valence-corrected chi connectivity index (χ3v) is 3.39. The van der Waals surface area contributed by atoms with Crippen molar-refractivity contribution >= 4 is 11.8 Å². The van der Waals surface area contributed by atoms with Crippen LogP contribution in [0.2, 0.25) is 0 Å². The predicted molar refractivity (Wildman–Crippen MR) is 58.3 cm³/mol. The summed E-state index contributed by atoms with van der Waals surface area (Å²) in [5.41, 5.74) is 3.00. The summed E-state index contributed by atoms with van der Waals surface area (Å²) in [5, 5.41) is 3.47. The van der Waals surface area contributed by atoms with E-state index in [-0.39, 0.29) is 0 Å². The number of hydrogen-bond acceptors (Lipinski definition) is 2. The van der Waals surface area contributed by atoms with Gasteiger partial charge in [0.25, 0.3) is 0 Å². The first-order chi connectivity index (χ1) is 6.31. The maximum Gasteiger partial charge on any atom is 0.0294 e. The van der Waals surface area contributed by atoms with Gasteiger partial charge in [0, 0.05) is 10.9 Å². The summed E-state index contributed by atoms with van der Waals surface area (Å²) in [4.78, 5) is 1.38. The van der Waals surface area contributed by atoms with Gasteiger partial charge in [-0.3, -0.25) is 0 Å². The van der Waals surface area contributed by atoms with Crippen molar-refractivity contribution in [2.45, 2.75) is 24.3 Å². The molecule has 1 atom stereocenters. The highest BCUT2D eigenvalue weighted by atomic mass is 32.2. The van der Waals surface area contributed by atoms with E-state index in [1.807, 2.05) is 11.8 Å². The zero-order chi connectivity index (χ0) is 9.26. The minimum atomic E-state index is 0.527. The molecule has 0 aliphatic carbocycles. The Morgan fingerprint density at radius 1 is 1.46 bits per heavy atom. The topological polar surface area (TPSA) is 12.0 Å². The molecule has 2 heteroatoms. The molecule has 1 unspecified atom stereocenters. The Hall–Kier alpha value is -0.470. The molecule has 1 aliphatic heterocycles. The molecule has 1 nitrogen and oxygen atoms in total. The molecule has 70 valence electrons. The fraction of sp³-hybridized carbons (Fsp3) is 0.455. The van der Waals surface area contributed by atoms with Crippen LogP contribution in [0.15, 0.2) is 23.1 Å². The van der Waals surface area contributed by atoms with Crippen LogP contribution in [0.1, 0.15) is 24.1 Å².